The van der Waals surface area contributed by atoms with Crippen molar-refractivity contribution in [2.75, 3.05) is 19.5 Å². The minimum absolute atomic E-state index is 0.0350. The van der Waals surface area contributed by atoms with E-state index in [1.807, 2.05) is 0 Å². The first-order valence-electron chi connectivity index (χ1n) is 8.77. The zero-order chi connectivity index (χ0) is 19.9. The number of aryl methyl sites for hydroxylation is 1. The molecule has 0 aromatic carbocycles. The molecule has 1 atom stereocenters. The highest BCUT2D eigenvalue weighted by molar-refractivity contribution is 5.81. The molecule has 2 rings (SSSR count). The summed E-state index contributed by atoms with van der Waals surface area (Å²) in [6, 6.07) is 0. The maximum atomic E-state index is 13.4. The maximum absolute atomic E-state index is 13.4. The van der Waals surface area contributed by atoms with Gasteiger partial charge < -0.3 is 19.8 Å². The summed E-state index contributed by atoms with van der Waals surface area (Å²) in [4.78, 5) is 23.1. The largest absolute Gasteiger partial charge is 0.462 e. The van der Waals surface area contributed by atoms with E-state index in [0.29, 0.717) is 24.9 Å². The van der Waals surface area contributed by atoms with Crippen molar-refractivity contribution < 1.29 is 18.7 Å². The van der Waals surface area contributed by atoms with Gasteiger partial charge >= 0.3 is 12.0 Å². The van der Waals surface area contributed by atoms with Gasteiger partial charge in [-0.25, -0.2) is 4.98 Å². The van der Waals surface area contributed by atoms with Crippen molar-refractivity contribution >= 4 is 23.0 Å². The third kappa shape index (κ3) is 5.14. The number of methoxy groups -OCH3 is 1. The van der Waals surface area contributed by atoms with Crippen LogP contribution in [-0.4, -0.2) is 44.8 Å². The van der Waals surface area contributed by atoms with Gasteiger partial charge in [-0.2, -0.15) is 14.4 Å². The molecule has 0 fully saturated rings. The number of carbonyl (C=O) groups excluding carboxylic acids is 1. The van der Waals surface area contributed by atoms with Crippen LogP contribution < -0.4 is 5.73 Å². The lowest BCUT2D eigenvalue weighted by Gasteiger charge is -2.26. The number of imidazole rings is 1. The molecular formula is C18H24FN5O3. The monoisotopic (exact) mass is 377 g/mol. The number of hydrogen-bond donors (Lipinski definition) is 1. The highest BCUT2D eigenvalue weighted by atomic mass is 19.1. The second-order valence-electron chi connectivity index (χ2n) is 6.20. The standard InChI is InChI=1S/C18H24FN5O3/c1-4-6-7-8-13(25)27-11-18(5-2,26-3)9-10-24-12-21-14-15(20)22-17(19)23-16(14)24/h2,12H,4,6-11H2,1,3H3,(H2,20,22,23). The number of hydrogen-bond acceptors (Lipinski definition) is 7. The predicted molar refractivity (Wildman–Crippen MR) is 98.0 cm³/mol. The molecule has 2 N–H and O–H groups in total. The van der Waals surface area contributed by atoms with Crippen LogP contribution in [0.3, 0.4) is 0 Å². The molecule has 2 heterocycles. The normalized spacial score (nSPS) is 13.3. The van der Waals surface area contributed by atoms with Gasteiger partial charge in [-0.15, -0.1) is 6.42 Å². The second-order valence-corrected chi connectivity index (χ2v) is 6.20. The highest BCUT2D eigenvalue weighted by Crippen LogP contribution is 2.20. The van der Waals surface area contributed by atoms with Gasteiger partial charge in [-0.3, -0.25) is 4.79 Å². The van der Waals surface area contributed by atoms with Crippen molar-refractivity contribution in [3.63, 3.8) is 0 Å². The first kappa shape index (κ1) is 20.6. The number of carbonyl (C=O) groups is 1. The summed E-state index contributed by atoms with van der Waals surface area (Å²) in [6.45, 7) is 2.31. The van der Waals surface area contributed by atoms with Crippen LogP contribution in [0.5, 0.6) is 0 Å². The van der Waals surface area contributed by atoms with E-state index >= 15 is 0 Å². The Morgan fingerprint density at radius 3 is 2.89 bits per heavy atom. The summed E-state index contributed by atoms with van der Waals surface area (Å²) in [5.74, 6) is 2.21. The van der Waals surface area contributed by atoms with Crippen molar-refractivity contribution in [3.8, 4) is 12.3 Å². The van der Waals surface area contributed by atoms with Gasteiger partial charge in [0, 0.05) is 26.5 Å². The lowest BCUT2D eigenvalue weighted by molar-refractivity contribution is -0.150. The Labute approximate surface area is 157 Å². The Kier molecular flexibility index (Phi) is 7.07. The third-order valence-electron chi connectivity index (χ3n) is 4.32. The van der Waals surface area contributed by atoms with Crippen LogP contribution in [0.15, 0.2) is 6.33 Å². The van der Waals surface area contributed by atoms with E-state index in [1.54, 1.807) is 4.57 Å². The SMILES string of the molecule is C#CC(CCn1cnc2c(N)nc(F)nc21)(COC(=O)CCCCC)OC. The van der Waals surface area contributed by atoms with Gasteiger partial charge in [0.05, 0.1) is 6.33 Å². The zero-order valence-electron chi connectivity index (χ0n) is 15.6. The van der Waals surface area contributed by atoms with Gasteiger partial charge in [0.2, 0.25) is 0 Å². The quantitative estimate of drug-likeness (QED) is 0.292. The minimum atomic E-state index is -1.10. The topological polar surface area (TPSA) is 105 Å². The molecule has 0 radical (unpaired) electrons. The number of terminal acetylenes is 1. The van der Waals surface area contributed by atoms with Crippen LogP contribution in [0.4, 0.5) is 10.2 Å². The van der Waals surface area contributed by atoms with E-state index in [1.165, 1.54) is 13.4 Å². The van der Waals surface area contributed by atoms with E-state index in [2.05, 4.69) is 27.8 Å². The number of ether oxygens (including phenoxy) is 2. The predicted octanol–water partition coefficient (Wildman–Crippen LogP) is 2.08. The molecule has 2 aromatic rings. The van der Waals surface area contributed by atoms with E-state index in [4.69, 9.17) is 21.6 Å². The molecule has 0 aliphatic carbocycles. The number of esters is 1. The van der Waals surface area contributed by atoms with Gasteiger partial charge in [0.15, 0.2) is 17.1 Å². The lowest BCUT2D eigenvalue weighted by Crippen LogP contribution is -2.37. The lowest BCUT2D eigenvalue weighted by atomic mass is 10.0. The number of nitrogens with zero attached hydrogens (tertiary/aromatic N) is 4. The van der Waals surface area contributed by atoms with E-state index < -0.39 is 11.7 Å². The van der Waals surface area contributed by atoms with Gasteiger partial charge in [-0.05, 0) is 6.42 Å². The van der Waals surface area contributed by atoms with Crippen molar-refractivity contribution in [1.82, 2.24) is 19.5 Å². The molecule has 1 unspecified atom stereocenters. The fourth-order valence-corrected chi connectivity index (χ4v) is 2.60. The van der Waals surface area contributed by atoms with Crippen LogP contribution in [-0.2, 0) is 20.8 Å². The Bertz CT molecular complexity index is 832. The van der Waals surface area contributed by atoms with Crippen LogP contribution in [0.2, 0.25) is 0 Å². The number of halogens is 1. The Morgan fingerprint density at radius 1 is 1.44 bits per heavy atom. The second kappa shape index (κ2) is 9.28. The zero-order valence-corrected chi connectivity index (χ0v) is 15.6. The molecule has 2 aromatic heterocycles. The van der Waals surface area contributed by atoms with Crippen molar-refractivity contribution in [2.24, 2.45) is 0 Å². The number of anilines is 1. The average Bonchev–Trinajstić information content (AvgIpc) is 3.06. The first-order valence-corrected chi connectivity index (χ1v) is 8.77. The van der Waals surface area contributed by atoms with Gasteiger partial charge in [0.1, 0.15) is 12.1 Å². The number of fused-ring (bicyclic) bond motifs is 1. The number of unbranched alkanes of at least 4 members (excludes halogenated alkanes) is 2. The molecule has 9 heteroatoms. The van der Waals surface area contributed by atoms with Crippen LogP contribution in [0, 0.1) is 18.4 Å². The molecule has 146 valence electrons. The molecule has 0 spiro atoms. The number of nitrogens with two attached hydrogens (primary N) is 1. The molecule has 0 aliphatic heterocycles. The molecule has 0 bridgehead atoms. The first-order chi connectivity index (χ1) is 12.9. The Hall–Kier alpha value is -2.73. The Balaban J connectivity index is 2.04. The summed E-state index contributed by atoms with van der Waals surface area (Å²) >= 11 is 0. The highest BCUT2D eigenvalue weighted by Gasteiger charge is 2.29. The number of aromatic nitrogens is 4. The number of nitrogen functional groups attached to an aromatic ring is 1. The number of rotatable bonds is 10. The van der Waals surface area contributed by atoms with E-state index in [-0.39, 0.29) is 24.0 Å². The summed E-state index contributed by atoms with van der Waals surface area (Å²) in [5.41, 5.74) is 5.12. The maximum Gasteiger partial charge on any atom is 0.312 e. The fourth-order valence-electron chi connectivity index (χ4n) is 2.60. The van der Waals surface area contributed by atoms with Gasteiger partial charge in [0.25, 0.3) is 0 Å². The molecule has 0 saturated carbocycles. The van der Waals surface area contributed by atoms with Gasteiger partial charge in [-0.1, -0.05) is 25.7 Å². The molecular weight excluding hydrogens is 353 g/mol. The smallest absolute Gasteiger partial charge is 0.312 e. The van der Waals surface area contributed by atoms with Crippen LogP contribution >= 0.6 is 0 Å². The summed E-state index contributed by atoms with van der Waals surface area (Å²) in [7, 11) is 1.45. The van der Waals surface area contributed by atoms with Crippen molar-refractivity contribution in [1.29, 1.82) is 0 Å². The average molecular weight is 377 g/mol. The van der Waals surface area contributed by atoms with Crippen LogP contribution in [0.1, 0.15) is 39.0 Å². The Morgan fingerprint density at radius 2 is 2.22 bits per heavy atom. The molecule has 27 heavy (non-hydrogen) atoms. The van der Waals surface area contributed by atoms with E-state index in [9.17, 15) is 9.18 Å². The van der Waals surface area contributed by atoms with Crippen molar-refractivity contribution in [3.05, 3.63) is 12.4 Å². The summed E-state index contributed by atoms with van der Waals surface area (Å²) < 4.78 is 25.8. The summed E-state index contributed by atoms with van der Waals surface area (Å²) in [6.07, 6.45) is 9.59. The van der Waals surface area contributed by atoms with Crippen molar-refractivity contribution in [2.45, 2.75) is 51.2 Å². The fraction of sp³-hybridized carbons (Fsp3) is 0.556. The minimum Gasteiger partial charge on any atom is -0.462 e. The third-order valence-corrected chi connectivity index (χ3v) is 4.32. The molecule has 0 amide bonds. The molecule has 0 saturated heterocycles. The van der Waals surface area contributed by atoms with E-state index in [0.717, 1.165) is 19.3 Å². The van der Waals surface area contributed by atoms with Crippen LogP contribution in [0.25, 0.3) is 11.2 Å². The summed E-state index contributed by atoms with van der Waals surface area (Å²) in [5, 5.41) is 0. The molecule has 8 nitrogen and oxygen atoms in total. The molecule has 0 aliphatic rings.